The van der Waals surface area contributed by atoms with Gasteiger partial charge in [-0.25, -0.2) is 4.98 Å². The number of fused-ring (bicyclic) bond motifs is 5. The molecule has 296 valence electrons. The van der Waals surface area contributed by atoms with Gasteiger partial charge in [-0.15, -0.1) is 30.3 Å². The van der Waals surface area contributed by atoms with E-state index in [-0.39, 0.29) is 21.1 Å². The molecule has 6 aromatic carbocycles. The number of anilines is 3. The van der Waals surface area contributed by atoms with Crippen LogP contribution >= 0.6 is 11.8 Å². The molecule has 0 saturated carbocycles. The normalized spacial score (nSPS) is 11.5. The second-order valence-corrected chi connectivity index (χ2v) is 15.4. The largest absolute Gasteiger partial charge is 2.00 e. The number of ether oxygens (including phenoxy) is 1. The molecule has 11 rings (SSSR count). The third-order valence-electron chi connectivity index (χ3n) is 10.3. The predicted octanol–water partition coefficient (Wildman–Crippen LogP) is 13.3. The quantitative estimate of drug-likeness (QED) is 0.121. The fraction of sp³-hybridized carbons (Fsp3) is 0.0385. The summed E-state index contributed by atoms with van der Waals surface area (Å²) in [4.78, 5) is 18.3. The van der Waals surface area contributed by atoms with Crippen LogP contribution in [-0.4, -0.2) is 24.7 Å². The molecule has 9 heteroatoms. The first kappa shape index (κ1) is 39.6. The summed E-state index contributed by atoms with van der Waals surface area (Å²) in [5.74, 6) is 2.05. The zero-order chi connectivity index (χ0) is 40.4. The van der Waals surface area contributed by atoms with Crippen LogP contribution in [0.15, 0.2) is 192 Å². The molecule has 10 aromatic rings. The molecule has 1 aliphatic heterocycles. The summed E-state index contributed by atoms with van der Waals surface area (Å²) in [6, 6.07) is 62.3. The second kappa shape index (κ2) is 17.4. The van der Waals surface area contributed by atoms with Gasteiger partial charge in [-0.05, 0) is 89.9 Å². The van der Waals surface area contributed by atoms with E-state index in [1.165, 1.54) is 27.1 Å². The van der Waals surface area contributed by atoms with Crippen molar-refractivity contribution < 1.29 is 25.8 Å². The molecule has 0 radical (unpaired) electrons. The van der Waals surface area contributed by atoms with Crippen molar-refractivity contribution in [3.8, 4) is 39.4 Å². The van der Waals surface area contributed by atoms with Gasteiger partial charge in [0.2, 0.25) is 0 Å². The molecule has 5 heterocycles. The molecule has 4 aromatic heterocycles. The SMILES string of the molecule is Cc1cc(C)n(-c2[c-]c(Oc3[c-]c4c(cc3)Sc3ccccc3N4c3ccccn3)ccc2)n1.[Pt+2].c1ccc(-c2ccnc3c2ccc2c(-c4ccccc4)ccnc23)cc1. The molecule has 0 fully saturated rings. The Morgan fingerprint density at radius 3 is 1.82 bits per heavy atom. The van der Waals surface area contributed by atoms with Gasteiger partial charge in [-0.2, -0.15) is 29.0 Å². The first-order valence-electron chi connectivity index (χ1n) is 19.6. The van der Waals surface area contributed by atoms with Crippen LogP contribution in [-0.2, 0) is 21.1 Å². The van der Waals surface area contributed by atoms with E-state index in [1.807, 2.05) is 97.7 Å². The first-order valence-corrected chi connectivity index (χ1v) is 20.4. The van der Waals surface area contributed by atoms with Gasteiger partial charge >= 0.3 is 21.1 Å². The van der Waals surface area contributed by atoms with Crippen LogP contribution in [0.1, 0.15) is 11.4 Å². The van der Waals surface area contributed by atoms with Gasteiger partial charge in [0, 0.05) is 51.5 Å². The summed E-state index contributed by atoms with van der Waals surface area (Å²) in [5.41, 5.74) is 11.5. The Kier molecular flexibility index (Phi) is 11.3. The topological polar surface area (TPSA) is 69.0 Å². The van der Waals surface area contributed by atoms with E-state index in [9.17, 15) is 0 Å². The van der Waals surface area contributed by atoms with E-state index in [1.54, 1.807) is 18.0 Å². The Bertz CT molecular complexity index is 3040. The van der Waals surface area contributed by atoms with Gasteiger partial charge in [-0.1, -0.05) is 95.9 Å². The van der Waals surface area contributed by atoms with Gasteiger partial charge in [0.1, 0.15) is 5.82 Å². The summed E-state index contributed by atoms with van der Waals surface area (Å²) in [6.07, 6.45) is 5.56. The number of para-hydroxylation sites is 1. The smallest absolute Gasteiger partial charge is 0.509 e. The van der Waals surface area contributed by atoms with E-state index < -0.39 is 0 Å². The Labute approximate surface area is 373 Å². The molecule has 0 atom stereocenters. The summed E-state index contributed by atoms with van der Waals surface area (Å²) in [7, 11) is 0. The van der Waals surface area contributed by atoms with Gasteiger partial charge in [0.05, 0.1) is 22.4 Å². The molecule has 0 bridgehead atoms. The van der Waals surface area contributed by atoms with Crippen LogP contribution in [0.25, 0.3) is 49.7 Å². The molecule has 7 nitrogen and oxygen atoms in total. The molecule has 0 aliphatic carbocycles. The number of hydrogen-bond donors (Lipinski definition) is 0. The first-order chi connectivity index (χ1) is 29.6. The number of aromatic nitrogens is 5. The number of hydrogen-bond acceptors (Lipinski definition) is 7. The maximum Gasteiger partial charge on any atom is 2.00 e. The molecule has 0 N–H and O–H groups in total. The van der Waals surface area contributed by atoms with Crippen molar-refractivity contribution >= 4 is 50.8 Å². The molecular formula is C52H36N6OPtS. The molecule has 0 saturated heterocycles. The summed E-state index contributed by atoms with van der Waals surface area (Å²) < 4.78 is 8.09. The molecule has 0 unspecified atom stereocenters. The van der Waals surface area contributed by atoms with E-state index in [4.69, 9.17) is 4.74 Å². The third-order valence-corrected chi connectivity index (χ3v) is 11.4. The standard InChI is InChI=1S/C28H20N4OS.C24H16N2.Pt/c1-19-16-20(2)32(30-19)21-8-7-9-22(17-21)33-23-13-14-27-25(18-23)31(28-12-5-6-15-29-28)24-10-3-4-11-26(24)34-27;1-3-7-17(8-4-1)19-13-15-25-23-21(19)11-12-22-20(14-16-26-24(22)23)18-9-5-2-6-10-18;/h3-16H,1-2H3;1-16H;/q-2;;+2. The minimum absolute atomic E-state index is 0. The minimum atomic E-state index is 0. The summed E-state index contributed by atoms with van der Waals surface area (Å²) >= 11 is 1.72. The van der Waals surface area contributed by atoms with Gasteiger partial charge < -0.3 is 9.64 Å². The zero-order valence-electron chi connectivity index (χ0n) is 33.1. The zero-order valence-corrected chi connectivity index (χ0v) is 36.2. The maximum absolute atomic E-state index is 6.22. The van der Waals surface area contributed by atoms with E-state index in [0.717, 1.165) is 61.0 Å². The molecule has 1 aliphatic rings. The van der Waals surface area contributed by atoms with Crippen LogP contribution in [0.3, 0.4) is 0 Å². The second-order valence-electron chi connectivity index (χ2n) is 14.3. The van der Waals surface area contributed by atoms with E-state index in [2.05, 4.69) is 134 Å². The Hall–Kier alpha value is -6.86. The van der Waals surface area contributed by atoms with Gasteiger partial charge in [0.15, 0.2) is 0 Å². The monoisotopic (exact) mass is 987 g/mol. The van der Waals surface area contributed by atoms with Crippen molar-refractivity contribution in [1.29, 1.82) is 0 Å². The molecule has 0 amide bonds. The average molecular weight is 988 g/mol. The fourth-order valence-electron chi connectivity index (χ4n) is 7.63. The maximum atomic E-state index is 6.22. The van der Waals surface area contributed by atoms with Crippen molar-refractivity contribution in [2.24, 2.45) is 0 Å². The Morgan fingerprint density at radius 2 is 1.18 bits per heavy atom. The molecular weight excluding hydrogens is 952 g/mol. The fourth-order valence-corrected chi connectivity index (χ4v) is 8.65. The van der Waals surface area contributed by atoms with Crippen LogP contribution in [0.5, 0.6) is 11.5 Å². The number of rotatable bonds is 6. The van der Waals surface area contributed by atoms with Crippen LogP contribution in [0.4, 0.5) is 17.2 Å². The van der Waals surface area contributed by atoms with Crippen molar-refractivity contribution in [3.05, 3.63) is 206 Å². The van der Waals surface area contributed by atoms with Crippen molar-refractivity contribution in [1.82, 2.24) is 24.7 Å². The summed E-state index contributed by atoms with van der Waals surface area (Å²) in [6.45, 7) is 4.01. The minimum Gasteiger partial charge on any atom is -0.509 e. The average Bonchev–Trinajstić information content (AvgIpc) is 3.66. The van der Waals surface area contributed by atoms with Gasteiger partial charge in [0.25, 0.3) is 0 Å². The number of aryl methyl sites for hydroxylation is 2. The molecule has 61 heavy (non-hydrogen) atoms. The van der Waals surface area contributed by atoms with Gasteiger partial charge in [-0.3, -0.25) is 14.6 Å². The van der Waals surface area contributed by atoms with Crippen molar-refractivity contribution in [3.63, 3.8) is 0 Å². The van der Waals surface area contributed by atoms with Crippen molar-refractivity contribution in [2.75, 3.05) is 4.90 Å². The summed E-state index contributed by atoms with van der Waals surface area (Å²) in [5, 5.41) is 6.81. The van der Waals surface area contributed by atoms with Crippen LogP contribution in [0.2, 0.25) is 0 Å². The third kappa shape index (κ3) is 7.96. The van der Waals surface area contributed by atoms with Crippen LogP contribution < -0.4 is 9.64 Å². The number of pyridine rings is 3. The predicted molar refractivity (Wildman–Crippen MR) is 242 cm³/mol. The van der Waals surface area contributed by atoms with Crippen LogP contribution in [0, 0.1) is 26.0 Å². The number of benzene rings is 6. The number of nitrogens with zero attached hydrogens (tertiary/aromatic N) is 6. The van der Waals surface area contributed by atoms with E-state index in [0.29, 0.717) is 11.5 Å². The van der Waals surface area contributed by atoms with Crippen molar-refractivity contribution in [2.45, 2.75) is 23.6 Å². The van der Waals surface area contributed by atoms with E-state index >= 15 is 0 Å². The Morgan fingerprint density at radius 1 is 0.541 bits per heavy atom. The Balaban J connectivity index is 0.000000159. The molecule has 0 spiro atoms.